The third-order valence-corrected chi connectivity index (χ3v) is 6.15. The molecule has 0 atom stereocenters. The maximum absolute atomic E-state index is 13.4. The Morgan fingerprint density at radius 2 is 1.21 bits per heavy atom. The average molecular weight is 436 g/mol. The molecule has 0 fully saturated rings. The molecule has 4 nitrogen and oxygen atoms in total. The minimum atomic E-state index is -0.608. The van der Waals surface area contributed by atoms with Gasteiger partial charge in [-0.1, -0.05) is 97.1 Å². The van der Waals surface area contributed by atoms with E-state index in [-0.39, 0.29) is 19.1 Å². The fraction of sp³-hybridized carbons (Fsp3) is 0.138. The lowest BCUT2D eigenvalue weighted by atomic mass is 9.67. The van der Waals surface area contributed by atoms with Crippen molar-refractivity contribution in [2.75, 3.05) is 6.79 Å². The Morgan fingerprint density at radius 3 is 1.76 bits per heavy atom. The smallest absolute Gasteiger partial charge is 0.231 e. The van der Waals surface area contributed by atoms with Gasteiger partial charge in [-0.15, -0.1) is 0 Å². The van der Waals surface area contributed by atoms with E-state index in [4.69, 9.17) is 9.47 Å². The fourth-order valence-corrected chi connectivity index (χ4v) is 4.53. The highest BCUT2D eigenvalue weighted by Gasteiger charge is 2.38. The fourth-order valence-electron chi connectivity index (χ4n) is 4.53. The van der Waals surface area contributed by atoms with Gasteiger partial charge < -0.3 is 14.8 Å². The number of ether oxygens (including phenoxy) is 2. The number of fused-ring (bicyclic) bond motifs is 1. The summed E-state index contributed by atoms with van der Waals surface area (Å²) in [6, 6.07) is 36.5. The molecule has 4 heteroatoms. The minimum Gasteiger partial charge on any atom is -0.454 e. The maximum atomic E-state index is 13.4. The predicted octanol–water partition coefficient (Wildman–Crippen LogP) is 5.46. The monoisotopic (exact) mass is 435 g/mol. The van der Waals surface area contributed by atoms with Crippen LogP contribution in [0.15, 0.2) is 109 Å². The van der Waals surface area contributed by atoms with Gasteiger partial charge in [0.05, 0.1) is 5.41 Å². The first kappa shape index (κ1) is 20.8. The lowest BCUT2D eigenvalue weighted by Gasteiger charge is -2.35. The lowest BCUT2D eigenvalue weighted by molar-refractivity contribution is -0.122. The van der Waals surface area contributed by atoms with Gasteiger partial charge in [0.2, 0.25) is 12.7 Å². The summed E-state index contributed by atoms with van der Waals surface area (Å²) < 4.78 is 10.8. The van der Waals surface area contributed by atoms with Crippen LogP contribution in [-0.4, -0.2) is 12.7 Å². The number of hydrogen-bond donors (Lipinski definition) is 1. The molecule has 0 radical (unpaired) electrons. The number of carbonyl (C=O) groups is 1. The summed E-state index contributed by atoms with van der Waals surface area (Å²) in [5.41, 5.74) is 3.61. The minimum absolute atomic E-state index is 0.0239. The van der Waals surface area contributed by atoms with Crippen LogP contribution in [-0.2, 0) is 16.8 Å². The van der Waals surface area contributed by atoms with E-state index in [0.29, 0.717) is 12.3 Å². The van der Waals surface area contributed by atoms with Crippen molar-refractivity contribution in [2.45, 2.75) is 18.4 Å². The van der Waals surface area contributed by atoms with Crippen molar-refractivity contribution in [3.05, 3.63) is 131 Å². The molecule has 0 saturated carbocycles. The molecule has 1 amide bonds. The van der Waals surface area contributed by atoms with Crippen LogP contribution in [0.3, 0.4) is 0 Å². The zero-order chi connectivity index (χ0) is 22.5. The van der Waals surface area contributed by atoms with E-state index in [1.165, 1.54) is 0 Å². The summed E-state index contributed by atoms with van der Waals surface area (Å²) in [5, 5.41) is 3.12. The van der Waals surface area contributed by atoms with Gasteiger partial charge in [-0.25, -0.2) is 0 Å². The Kier molecular flexibility index (Phi) is 5.81. The second-order valence-corrected chi connectivity index (χ2v) is 8.14. The third kappa shape index (κ3) is 4.20. The molecule has 33 heavy (non-hydrogen) atoms. The van der Waals surface area contributed by atoms with Crippen LogP contribution in [0.25, 0.3) is 0 Å². The standard InChI is InChI=1S/C29H25NO3/c31-28(30-20-22-16-17-26-27(18-22)33-21-32-26)19-29(23-10-4-1-5-11-23,24-12-6-2-7-13-24)25-14-8-3-9-15-25/h1-18H,19-21H2,(H,30,31). The van der Waals surface area contributed by atoms with Crippen molar-refractivity contribution in [2.24, 2.45) is 0 Å². The lowest BCUT2D eigenvalue weighted by Crippen LogP contribution is -2.37. The van der Waals surface area contributed by atoms with Crippen LogP contribution < -0.4 is 14.8 Å². The largest absolute Gasteiger partial charge is 0.454 e. The molecular weight excluding hydrogens is 410 g/mol. The van der Waals surface area contributed by atoms with E-state index in [0.717, 1.165) is 28.0 Å². The van der Waals surface area contributed by atoms with Gasteiger partial charge in [0.1, 0.15) is 0 Å². The molecule has 4 aromatic carbocycles. The molecule has 0 aromatic heterocycles. The molecule has 0 unspecified atom stereocenters. The van der Waals surface area contributed by atoms with Crippen LogP contribution in [0.4, 0.5) is 0 Å². The Bertz CT molecular complexity index is 1130. The van der Waals surface area contributed by atoms with E-state index in [2.05, 4.69) is 41.7 Å². The molecule has 164 valence electrons. The van der Waals surface area contributed by atoms with Crippen molar-refractivity contribution in [3.8, 4) is 11.5 Å². The normalized spacial score (nSPS) is 12.4. The van der Waals surface area contributed by atoms with Crippen LogP contribution in [0, 0.1) is 0 Å². The van der Waals surface area contributed by atoms with Gasteiger partial charge in [0, 0.05) is 13.0 Å². The first-order valence-corrected chi connectivity index (χ1v) is 11.1. The first-order chi connectivity index (χ1) is 16.3. The molecule has 0 bridgehead atoms. The maximum Gasteiger partial charge on any atom is 0.231 e. The van der Waals surface area contributed by atoms with Crippen LogP contribution in [0.5, 0.6) is 11.5 Å². The number of amides is 1. The highest BCUT2D eigenvalue weighted by molar-refractivity contribution is 5.80. The number of benzene rings is 4. The number of rotatable bonds is 7. The Hall–Kier alpha value is -4.05. The van der Waals surface area contributed by atoms with Gasteiger partial charge in [-0.05, 0) is 34.4 Å². The van der Waals surface area contributed by atoms with E-state index in [1.54, 1.807) is 0 Å². The summed E-state index contributed by atoms with van der Waals surface area (Å²) in [6.45, 7) is 0.656. The van der Waals surface area contributed by atoms with Crippen molar-refractivity contribution in [1.82, 2.24) is 5.32 Å². The summed E-state index contributed by atoms with van der Waals surface area (Å²) in [6.07, 6.45) is 0.287. The van der Waals surface area contributed by atoms with E-state index >= 15 is 0 Å². The summed E-state index contributed by atoms with van der Waals surface area (Å²) in [4.78, 5) is 13.4. The van der Waals surface area contributed by atoms with Gasteiger partial charge >= 0.3 is 0 Å². The Labute approximate surface area is 193 Å². The molecule has 0 aliphatic carbocycles. The number of nitrogens with one attached hydrogen (secondary N) is 1. The topological polar surface area (TPSA) is 47.6 Å². The Balaban J connectivity index is 1.48. The molecule has 1 aliphatic rings. The van der Waals surface area contributed by atoms with E-state index in [1.807, 2.05) is 72.8 Å². The zero-order valence-electron chi connectivity index (χ0n) is 18.2. The second kappa shape index (κ2) is 9.21. The van der Waals surface area contributed by atoms with Crippen LogP contribution >= 0.6 is 0 Å². The quantitative estimate of drug-likeness (QED) is 0.392. The van der Waals surface area contributed by atoms with Crippen LogP contribution in [0.2, 0.25) is 0 Å². The van der Waals surface area contributed by atoms with Crippen molar-refractivity contribution >= 4 is 5.91 Å². The average Bonchev–Trinajstić information content (AvgIpc) is 3.36. The number of carbonyl (C=O) groups excluding carboxylic acids is 1. The van der Waals surface area contributed by atoms with Gasteiger partial charge in [-0.2, -0.15) is 0 Å². The van der Waals surface area contributed by atoms with Crippen molar-refractivity contribution in [3.63, 3.8) is 0 Å². The summed E-state index contributed by atoms with van der Waals surface area (Å²) in [5.74, 6) is 1.43. The summed E-state index contributed by atoms with van der Waals surface area (Å²) >= 11 is 0. The van der Waals surface area contributed by atoms with Gasteiger partial charge in [0.15, 0.2) is 11.5 Å². The summed E-state index contributed by atoms with van der Waals surface area (Å²) in [7, 11) is 0. The first-order valence-electron chi connectivity index (χ1n) is 11.1. The molecule has 5 rings (SSSR count). The molecular formula is C29H25NO3. The molecule has 0 saturated heterocycles. The molecule has 4 aromatic rings. The van der Waals surface area contributed by atoms with Crippen molar-refractivity contribution < 1.29 is 14.3 Å². The molecule has 0 spiro atoms. The van der Waals surface area contributed by atoms with E-state index < -0.39 is 5.41 Å². The van der Waals surface area contributed by atoms with Crippen LogP contribution in [0.1, 0.15) is 28.7 Å². The molecule has 1 N–H and O–H groups in total. The SMILES string of the molecule is O=C(CC(c1ccccc1)(c1ccccc1)c1ccccc1)NCc1ccc2c(c1)OCO2. The Morgan fingerprint density at radius 1 is 0.697 bits per heavy atom. The van der Waals surface area contributed by atoms with Crippen molar-refractivity contribution in [1.29, 1.82) is 0 Å². The zero-order valence-corrected chi connectivity index (χ0v) is 18.2. The molecule has 1 aliphatic heterocycles. The third-order valence-electron chi connectivity index (χ3n) is 6.15. The predicted molar refractivity (Wildman–Crippen MR) is 128 cm³/mol. The highest BCUT2D eigenvalue weighted by atomic mass is 16.7. The highest BCUT2D eigenvalue weighted by Crippen LogP contribution is 2.42. The second-order valence-electron chi connectivity index (χ2n) is 8.14. The van der Waals surface area contributed by atoms with E-state index in [9.17, 15) is 4.79 Å². The van der Waals surface area contributed by atoms with Gasteiger partial charge in [0.25, 0.3) is 0 Å². The number of hydrogen-bond acceptors (Lipinski definition) is 3. The van der Waals surface area contributed by atoms with Gasteiger partial charge in [-0.3, -0.25) is 4.79 Å². The molecule has 1 heterocycles.